The van der Waals surface area contributed by atoms with Gasteiger partial charge < -0.3 is 4.90 Å². The first-order valence-electron chi connectivity index (χ1n) is 7.91. The van der Waals surface area contributed by atoms with Crippen LogP contribution in [0.4, 0.5) is 0 Å². The maximum atomic E-state index is 13.2. The van der Waals surface area contributed by atoms with Crippen molar-refractivity contribution in [2.75, 3.05) is 26.7 Å². The molecule has 3 rings (SSSR count). The van der Waals surface area contributed by atoms with Gasteiger partial charge in [0.2, 0.25) is 10.0 Å². The van der Waals surface area contributed by atoms with Gasteiger partial charge in [-0.15, -0.1) is 0 Å². The lowest BCUT2D eigenvalue weighted by atomic mass is 10.1. The summed E-state index contributed by atoms with van der Waals surface area (Å²) in [5.41, 5.74) is 1.17. The minimum Gasteiger partial charge on any atom is -0.335 e. The Hall–Kier alpha value is -2.20. The Kier molecular flexibility index (Phi) is 4.67. The smallest absolute Gasteiger partial charge is 0.245 e. The maximum Gasteiger partial charge on any atom is 0.245 e. The SMILES string of the molecule is C[NH+]1CCN(S(=O)(=O)c2ccccc2C#N)[C@H](c2ccccc2)C1. The van der Waals surface area contributed by atoms with E-state index in [1.165, 1.54) is 11.0 Å². The summed E-state index contributed by atoms with van der Waals surface area (Å²) in [5, 5.41) is 9.27. The Balaban J connectivity index is 2.06. The van der Waals surface area contributed by atoms with Crippen LogP contribution in [0.3, 0.4) is 0 Å². The molecule has 5 nitrogen and oxygen atoms in total. The van der Waals surface area contributed by atoms with Crippen molar-refractivity contribution in [3.05, 3.63) is 65.7 Å². The average molecular weight is 342 g/mol. The molecular formula is C18H20N3O2S+. The number of benzene rings is 2. The van der Waals surface area contributed by atoms with Crippen molar-refractivity contribution < 1.29 is 13.3 Å². The highest BCUT2D eigenvalue weighted by atomic mass is 32.2. The summed E-state index contributed by atoms with van der Waals surface area (Å²) in [4.78, 5) is 1.39. The Morgan fingerprint density at radius 1 is 1.12 bits per heavy atom. The van der Waals surface area contributed by atoms with Crippen LogP contribution in [0.25, 0.3) is 0 Å². The minimum atomic E-state index is -3.73. The Labute approximate surface area is 142 Å². The maximum absolute atomic E-state index is 13.2. The first-order chi connectivity index (χ1) is 11.5. The summed E-state index contributed by atoms with van der Waals surface area (Å²) in [6, 6.07) is 17.9. The van der Waals surface area contributed by atoms with E-state index in [9.17, 15) is 13.7 Å². The van der Waals surface area contributed by atoms with Gasteiger partial charge in [0.15, 0.2) is 0 Å². The zero-order chi connectivity index (χ0) is 17.2. The van der Waals surface area contributed by atoms with E-state index in [-0.39, 0.29) is 16.5 Å². The number of nitrogens with one attached hydrogen (secondary N) is 1. The Bertz CT molecular complexity index is 859. The number of hydrogen-bond donors (Lipinski definition) is 1. The fourth-order valence-electron chi connectivity index (χ4n) is 3.15. The van der Waals surface area contributed by atoms with E-state index in [0.29, 0.717) is 13.1 Å². The molecule has 0 radical (unpaired) electrons. The van der Waals surface area contributed by atoms with E-state index in [0.717, 1.165) is 12.1 Å². The highest BCUT2D eigenvalue weighted by Crippen LogP contribution is 2.29. The van der Waals surface area contributed by atoms with Gasteiger partial charge >= 0.3 is 0 Å². The van der Waals surface area contributed by atoms with Crippen molar-refractivity contribution in [3.8, 4) is 6.07 Å². The van der Waals surface area contributed by atoms with Crippen molar-refractivity contribution >= 4 is 10.0 Å². The summed E-state index contributed by atoms with van der Waals surface area (Å²) in [5.74, 6) is 0. The first kappa shape index (κ1) is 16.7. The molecular weight excluding hydrogens is 322 g/mol. The lowest BCUT2D eigenvalue weighted by Crippen LogP contribution is -3.12. The molecule has 1 unspecified atom stereocenters. The normalized spacial score (nSPS) is 22.0. The zero-order valence-corrected chi connectivity index (χ0v) is 14.3. The van der Waals surface area contributed by atoms with Crippen LogP contribution < -0.4 is 4.90 Å². The fraction of sp³-hybridized carbons (Fsp3) is 0.278. The second kappa shape index (κ2) is 6.73. The van der Waals surface area contributed by atoms with Gasteiger partial charge in [0.1, 0.15) is 6.07 Å². The van der Waals surface area contributed by atoms with Gasteiger partial charge in [0.25, 0.3) is 0 Å². The Morgan fingerprint density at radius 3 is 2.50 bits per heavy atom. The number of piperazine rings is 1. The number of quaternary nitrogens is 1. The third-order valence-corrected chi connectivity index (χ3v) is 6.39. The summed E-state index contributed by atoms with van der Waals surface area (Å²) >= 11 is 0. The van der Waals surface area contributed by atoms with Crippen molar-refractivity contribution in [2.45, 2.75) is 10.9 Å². The van der Waals surface area contributed by atoms with E-state index in [1.54, 1.807) is 22.5 Å². The van der Waals surface area contributed by atoms with Crippen LogP contribution >= 0.6 is 0 Å². The molecule has 2 aromatic carbocycles. The van der Waals surface area contributed by atoms with Gasteiger partial charge in [-0.05, 0) is 17.7 Å². The van der Waals surface area contributed by atoms with E-state index in [1.807, 2.05) is 36.4 Å². The summed E-state index contributed by atoms with van der Waals surface area (Å²) in [7, 11) is -1.66. The molecule has 1 N–H and O–H groups in total. The topological polar surface area (TPSA) is 65.6 Å². The molecule has 6 heteroatoms. The standard InChI is InChI=1S/C18H19N3O2S/c1-20-11-12-21(17(14-20)15-7-3-2-4-8-15)24(22,23)18-10-6-5-9-16(18)13-19/h2-10,17H,11-12,14H2,1H3/p+1/t17-/m0/s1. The first-order valence-corrected chi connectivity index (χ1v) is 9.35. The van der Waals surface area contributed by atoms with Gasteiger partial charge in [0, 0.05) is 0 Å². The van der Waals surface area contributed by atoms with Crippen molar-refractivity contribution in [1.82, 2.24) is 4.31 Å². The molecule has 0 amide bonds. The molecule has 1 fully saturated rings. The molecule has 0 bridgehead atoms. The number of nitriles is 1. The number of hydrogen-bond acceptors (Lipinski definition) is 3. The number of sulfonamides is 1. The van der Waals surface area contributed by atoms with Gasteiger partial charge in [-0.25, -0.2) is 8.42 Å². The molecule has 0 spiro atoms. The van der Waals surface area contributed by atoms with Crippen LogP contribution in [0.2, 0.25) is 0 Å². The lowest BCUT2D eigenvalue weighted by molar-refractivity contribution is -0.887. The van der Waals surface area contributed by atoms with Crippen molar-refractivity contribution in [3.63, 3.8) is 0 Å². The number of nitrogens with zero attached hydrogens (tertiary/aromatic N) is 2. The second-order valence-electron chi connectivity index (χ2n) is 6.06. The van der Waals surface area contributed by atoms with Crippen LogP contribution in [0.5, 0.6) is 0 Å². The zero-order valence-electron chi connectivity index (χ0n) is 13.5. The van der Waals surface area contributed by atoms with E-state index in [2.05, 4.69) is 7.05 Å². The molecule has 24 heavy (non-hydrogen) atoms. The Morgan fingerprint density at radius 2 is 1.79 bits per heavy atom. The highest BCUT2D eigenvalue weighted by molar-refractivity contribution is 7.89. The molecule has 2 aromatic rings. The largest absolute Gasteiger partial charge is 0.335 e. The van der Waals surface area contributed by atoms with Crippen molar-refractivity contribution in [1.29, 1.82) is 5.26 Å². The number of rotatable bonds is 3. The molecule has 1 saturated heterocycles. The molecule has 0 aliphatic carbocycles. The molecule has 124 valence electrons. The van der Waals surface area contributed by atoms with Gasteiger partial charge in [-0.3, -0.25) is 0 Å². The van der Waals surface area contributed by atoms with Gasteiger partial charge in [0.05, 0.1) is 43.2 Å². The summed E-state index contributed by atoms with van der Waals surface area (Å²) in [6.45, 7) is 1.89. The van der Waals surface area contributed by atoms with Crippen LogP contribution in [0.1, 0.15) is 17.2 Å². The summed E-state index contributed by atoms with van der Waals surface area (Å²) < 4.78 is 28.0. The van der Waals surface area contributed by atoms with E-state index in [4.69, 9.17) is 0 Å². The average Bonchev–Trinajstić information content (AvgIpc) is 2.62. The van der Waals surface area contributed by atoms with Crippen LogP contribution in [0, 0.1) is 11.3 Å². The highest BCUT2D eigenvalue weighted by Gasteiger charge is 2.38. The quantitative estimate of drug-likeness (QED) is 0.898. The van der Waals surface area contributed by atoms with Crippen LogP contribution in [-0.4, -0.2) is 39.4 Å². The van der Waals surface area contributed by atoms with Crippen LogP contribution in [0.15, 0.2) is 59.5 Å². The van der Waals surface area contributed by atoms with Gasteiger partial charge in [-0.2, -0.15) is 9.57 Å². The third kappa shape index (κ3) is 3.06. The van der Waals surface area contributed by atoms with Crippen LogP contribution in [-0.2, 0) is 10.0 Å². The molecule has 1 aliphatic rings. The predicted octanol–water partition coefficient (Wildman–Crippen LogP) is 0.819. The number of likely N-dealkylation sites (N-methyl/N-ethyl adjacent to an activating group) is 1. The molecule has 0 aromatic heterocycles. The fourth-order valence-corrected chi connectivity index (χ4v) is 4.91. The second-order valence-corrected chi connectivity index (χ2v) is 7.92. The molecule has 0 saturated carbocycles. The molecule has 1 aliphatic heterocycles. The third-order valence-electron chi connectivity index (χ3n) is 4.43. The van der Waals surface area contributed by atoms with Crippen molar-refractivity contribution in [2.24, 2.45) is 0 Å². The van der Waals surface area contributed by atoms with E-state index < -0.39 is 10.0 Å². The molecule has 1 heterocycles. The lowest BCUT2D eigenvalue weighted by Gasteiger charge is -2.37. The predicted molar refractivity (Wildman–Crippen MR) is 90.9 cm³/mol. The van der Waals surface area contributed by atoms with E-state index >= 15 is 0 Å². The van der Waals surface area contributed by atoms with Gasteiger partial charge in [-0.1, -0.05) is 42.5 Å². The summed E-state index contributed by atoms with van der Waals surface area (Å²) in [6.07, 6.45) is 0. The monoisotopic (exact) mass is 342 g/mol. The minimum absolute atomic E-state index is 0.0907. The molecule has 2 atom stereocenters.